The lowest BCUT2D eigenvalue weighted by Gasteiger charge is -2.13. The van der Waals surface area contributed by atoms with E-state index in [-0.39, 0.29) is 5.56 Å². The molecule has 3 heterocycles. The van der Waals surface area contributed by atoms with E-state index in [1.165, 1.54) is 16.9 Å². The summed E-state index contributed by atoms with van der Waals surface area (Å²) in [7, 11) is 0. The first-order valence-electron chi connectivity index (χ1n) is 6.05. The molecule has 0 amide bonds. The fraction of sp³-hybridized carbons (Fsp3) is 0.364. The normalized spacial score (nSPS) is 12.2. The van der Waals surface area contributed by atoms with Crippen molar-refractivity contribution in [1.82, 2.24) is 34.6 Å². The van der Waals surface area contributed by atoms with Crippen LogP contribution in [0.5, 0.6) is 0 Å². The molecule has 0 bridgehead atoms. The van der Waals surface area contributed by atoms with Gasteiger partial charge in [-0.3, -0.25) is 9.89 Å². The number of rotatable bonds is 3. The Morgan fingerprint density at radius 3 is 2.95 bits per heavy atom. The molecule has 0 radical (unpaired) electrons. The van der Waals surface area contributed by atoms with Crippen LogP contribution in [0.1, 0.15) is 25.2 Å². The number of H-pyrrole nitrogens is 1. The van der Waals surface area contributed by atoms with Gasteiger partial charge in [-0.25, -0.2) is 14.6 Å². The summed E-state index contributed by atoms with van der Waals surface area (Å²) in [4.78, 5) is 20.0. The molecule has 3 rings (SSSR count). The van der Waals surface area contributed by atoms with E-state index < -0.39 is 5.54 Å². The Labute approximate surface area is 113 Å². The maximum absolute atomic E-state index is 11.8. The molecule has 3 N–H and O–H groups in total. The number of aromatic amines is 1. The summed E-state index contributed by atoms with van der Waals surface area (Å²) in [6.45, 7) is 4.03. The number of nitrogens with zero attached hydrogens (tertiary/aromatic N) is 6. The molecule has 0 aliphatic heterocycles. The molecular formula is C11H14N8O. The molecular weight excluding hydrogens is 260 g/mol. The van der Waals surface area contributed by atoms with Crippen molar-refractivity contribution in [3.8, 4) is 0 Å². The summed E-state index contributed by atoms with van der Waals surface area (Å²) >= 11 is 0. The summed E-state index contributed by atoms with van der Waals surface area (Å²) in [5.74, 6) is 0.326. The van der Waals surface area contributed by atoms with E-state index in [4.69, 9.17) is 5.73 Å². The zero-order valence-electron chi connectivity index (χ0n) is 11.1. The van der Waals surface area contributed by atoms with Crippen LogP contribution in [-0.4, -0.2) is 34.6 Å². The maximum Gasteiger partial charge on any atom is 0.274 e. The molecule has 9 heteroatoms. The molecule has 0 aliphatic carbocycles. The Morgan fingerprint density at radius 2 is 2.25 bits per heavy atom. The molecule has 0 saturated heterocycles. The predicted octanol–water partition coefficient (Wildman–Crippen LogP) is -0.749. The van der Waals surface area contributed by atoms with Crippen LogP contribution >= 0.6 is 0 Å². The van der Waals surface area contributed by atoms with Crippen LogP contribution in [-0.2, 0) is 12.1 Å². The number of hydrogen-bond acceptors (Lipinski definition) is 6. The highest BCUT2D eigenvalue weighted by atomic mass is 16.1. The lowest BCUT2D eigenvalue weighted by atomic mass is 10.0. The van der Waals surface area contributed by atoms with Gasteiger partial charge in [-0.15, -0.1) is 5.10 Å². The molecule has 0 aromatic carbocycles. The number of nitrogens with two attached hydrogens (primary N) is 1. The number of hydrogen-bond donors (Lipinski definition) is 2. The fourth-order valence-electron chi connectivity index (χ4n) is 1.79. The third-order valence-electron chi connectivity index (χ3n) is 2.84. The van der Waals surface area contributed by atoms with Gasteiger partial charge in [0.1, 0.15) is 12.0 Å². The molecule has 0 spiro atoms. The Morgan fingerprint density at radius 1 is 1.45 bits per heavy atom. The fourth-order valence-corrected chi connectivity index (χ4v) is 1.79. The van der Waals surface area contributed by atoms with Crippen molar-refractivity contribution in [2.24, 2.45) is 5.73 Å². The average molecular weight is 274 g/mol. The Hall–Kier alpha value is -2.55. The summed E-state index contributed by atoms with van der Waals surface area (Å²) in [6.07, 6.45) is 3.16. The zero-order chi connectivity index (χ0) is 14.3. The number of aromatic nitrogens is 7. The van der Waals surface area contributed by atoms with Gasteiger partial charge in [-0.2, -0.15) is 4.52 Å². The average Bonchev–Trinajstić information content (AvgIpc) is 2.96. The topological polar surface area (TPSA) is 120 Å². The van der Waals surface area contributed by atoms with E-state index in [0.29, 0.717) is 23.7 Å². The van der Waals surface area contributed by atoms with Crippen LogP contribution in [0.2, 0.25) is 0 Å². The van der Waals surface area contributed by atoms with Crippen molar-refractivity contribution in [2.45, 2.75) is 25.9 Å². The summed E-state index contributed by atoms with van der Waals surface area (Å²) in [5.41, 5.74) is 6.41. The molecule has 3 aromatic rings. The lowest BCUT2D eigenvalue weighted by Crippen LogP contribution is -2.29. The van der Waals surface area contributed by atoms with Crippen molar-refractivity contribution >= 4 is 5.78 Å². The van der Waals surface area contributed by atoms with Gasteiger partial charge in [-0.1, -0.05) is 5.21 Å². The van der Waals surface area contributed by atoms with Crippen LogP contribution in [0.15, 0.2) is 23.4 Å². The molecule has 9 nitrogen and oxygen atoms in total. The molecule has 3 aromatic heterocycles. The Kier molecular flexibility index (Phi) is 2.64. The van der Waals surface area contributed by atoms with E-state index in [0.717, 1.165) is 0 Å². The molecule has 20 heavy (non-hydrogen) atoms. The van der Waals surface area contributed by atoms with Crippen LogP contribution in [0, 0.1) is 0 Å². The maximum atomic E-state index is 11.8. The predicted molar refractivity (Wildman–Crippen MR) is 69.9 cm³/mol. The summed E-state index contributed by atoms with van der Waals surface area (Å²) < 4.78 is 2.86. The third kappa shape index (κ3) is 2.18. The van der Waals surface area contributed by atoms with Gasteiger partial charge in [0.25, 0.3) is 11.3 Å². The van der Waals surface area contributed by atoms with Crippen molar-refractivity contribution < 1.29 is 0 Å². The van der Waals surface area contributed by atoms with Gasteiger partial charge in [-0.05, 0) is 13.8 Å². The van der Waals surface area contributed by atoms with E-state index in [1.54, 1.807) is 10.9 Å². The minimum atomic E-state index is -0.558. The van der Waals surface area contributed by atoms with Crippen molar-refractivity contribution in [3.05, 3.63) is 40.3 Å². The summed E-state index contributed by atoms with van der Waals surface area (Å²) in [6, 6.07) is 1.43. The molecule has 0 atom stereocenters. The number of fused-ring (bicyclic) bond motifs is 1. The number of nitrogens with one attached hydrogen (secondary N) is 1. The minimum absolute atomic E-state index is 0.220. The van der Waals surface area contributed by atoms with Gasteiger partial charge in [0.05, 0.1) is 24.0 Å². The van der Waals surface area contributed by atoms with Crippen LogP contribution in [0.4, 0.5) is 0 Å². The smallest absolute Gasteiger partial charge is 0.274 e. The van der Waals surface area contributed by atoms with Crippen molar-refractivity contribution in [2.75, 3.05) is 0 Å². The highest BCUT2D eigenvalue weighted by molar-refractivity contribution is 5.26. The van der Waals surface area contributed by atoms with Crippen molar-refractivity contribution in [3.63, 3.8) is 0 Å². The van der Waals surface area contributed by atoms with E-state index in [9.17, 15) is 4.79 Å². The first-order chi connectivity index (χ1) is 9.43. The highest BCUT2D eigenvalue weighted by Crippen LogP contribution is 2.12. The van der Waals surface area contributed by atoms with Gasteiger partial charge < -0.3 is 5.73 Å². The van der Waals surface area contributed by atoms with Crippen LogP contribution in [0.25, 0.3) is 5.78 Å². The van der Waals surface area contributed by atoms with E-state index in [1.807, 2.05) is 13.8 Å². The quantitative estimate of drug-likeness (QED) is 0.648. The molecule has 104 valence electrons. The van der Waals surface area contributed by atoms with Gasteiger partial charge in [0.2, 0.25) is 0 Å². The van der Waals surface area contributed by atoms with E-state index >= 15 is 0 Å². The highest BCUT2D eigenvalue weighted by Gasteiger charge is 2.18. The molecule has 0 fully saturated rings. The molecule has 0 aliphatic rings. The van der Waals surface area contributed by atoms with E-state index in [2.05, 4.69) is 25.4 Å². The SMILES string of the molecule is CC(C)(N)c1cn(Cc2cc(=O)n3[nH]cnc3n2)nn1. The van der Waals surface area contributed by atoms with Crippen LogP contribution in [0.3, 0.4) is 0 Å². The minimum Gasteiger partial charge on any atom is -0.320 e. The monoisotopic (exact) mass is 274 g/mol. The van der Waals surface area contributed by atoms with Gasteiger partial charge >= 0.3 is 0 Å². The summed E-state index contributed by atoms with van der Waals surface area (Å²) in [5, 5.41) is 10.7. The second-order valence-electron chi connectivity index (χ2n) is 5.13. The molecule has 0 saturated carbocycles. The second kappa shape index (κ2) is 4.23. The first-order valence-corrected chi connectivity index (χ1v) is 6.05. The Balaban J connectivity index is 1.93. The standard InChI is InChI=1S/C11H14N8O/c1-11(2,12)8-5-18(17-16-8)4-7-3-9(20)19-10(15-7)13-6-14-19/h3,5-6H,4,12H2,1-2H3,(H,13,14,15). The van der Waals surface area contributed by atoms with Crippen LogP contribution < -0.4 is 11.3 Å². The lowest BCUT2D eigenvalue weighted by molar-refractivity contribution is 0.533. The zero-order valence-corrected chi connectivity index (χ0v) is 11.1. The molecule has 0 unspecified atom stereocenters. The first kappa shape index (κ1) is 12.5. The third-order valence-corrected chi connectivity index (χ3v) is 2.84. The largest absolute Gasteiger partial charge is 0.320 e. The second-order valence-corrected chi connectivity index (χ2v) is 5.13. The van der Waals surface area contributed by atoms with Gasteiger partial charge in [0, 0.05) is 6.07 Å². The van der Waals surface area contributed by atoms with Gasteiger partial charge in [0.15, 0.2) is 0 Å². The van der Waals surface area contributed by atoms with Crippen molar-refractivity contribution in [1.29, 1.82) is 0 Å². The Bertz CT molecular complexity index is 806.